The predicted molar refractivity (Wildman–Crippen MR) is 78.6 cm³/mol. The van der Waals surface area contributed by atoms with Crippen LogP contribution in [0.15, 0.2) is 24.3 Å². The molecule has 2 saturated carbocycles. The molecule has 1 N–H and O–H groups in total. The Hall–Kier alpha value is -1.02. The summed E-state index contributed by atoms with van der Waals surface area (Å²) < 4.78 is 6.35. The molecule has 2 nitrogen and oxygen atoms in total. The molecule has 2 saturated heterocycles. The molecule has 2 aliphatic carbocycles. The molecule has 2 aliphatic heterocycles. The van der Waals surface area contributed by atoms with Crippen LogP contribution in [-0.2, 0) is 10.3 Å². The lowest BCUT2D eigenvalue weighted by molar-refractivity contribution is -0.192. The number of ether oxygens (including phenoxy) is 1. The van der Waals surface area contributed by atoms with Gasteiger partial charge in [0.15, 0.2) is 0 Å². The number of fused-ring (bicyclic) bond motifs is 3. The zero-order valence-electron chi connectivity index (χ0n) is 12.1. The van der Waals surface area contributed by atoms with Crippen molar-refractivity contribution in [3.05, 3.63) is 29.8 Å². The molecule has 2 heteroatoms. The molecule has 2 heterocycles. The highest BCUT2D eigenvalue weighted by atomic mass is 16.5. The van der Waals surface area contributed by atoms with Crippen molar-refractivity contribution in [1.29, 1.82) is 0 Å². The van der Waals surface area contributed by atoms with Crippen molar-refractivity contribution in [3.63, 3.8) is 0 Å². The van der Waals surface area contributed by atoms with Crippen molar-refractivity contribution in [3.8, 4) is 5.75 Å². The van der Waals surface area contributed by atoms with E-state index >= 15 is 0 Å². The third-order valence-corrected chi connectivity index (χ3v) is 5.93. The van der Waals surface area contributed by atoms with E-state index in [1.54, 1.807) is 6.07 Å². The maximum atomic E-state index is 9.71. The van der Waals surface area contributed by atoms with E-state index < -0.39 is 0 Å². The van der Waals surface area contributed by atoms with E-state index in [1.165, 1.54) is 44.1 Å². The lowest BCUT2D eigenvalue weighted by Crippen LogP contribution is -2.49. The zero-order chi connectivity index (χ0) is 13.6. The van der Waals surface area contributed by atoms with Gasteiger partial charge in [0.05, 0.1) is 12.2 Å². The first-order chi connectivity index (χ1) is 9.70. The van der Waals surface area contributed by atoms with Crippen LogP contribution in [0.3, 0.4) is 0 Å². The summed E-state index contributed by atoms with van der Waals surface area (Å²) in [7, 11) is 0. The van der Waals surface area contributed by atoms with Crippen LogP contribution in [-0.4, -0.2) is 11.7 Å². The zero-order valence-corrected chi connectivity index (χ0v) is 12.1. The molecule has 0 aromatic heterocycles. The largest absolute Gasteiger partial charge is 0.508 e. The summed E-state index contributed by atoms with van der Waals surface area (Å²) in [4.78, 5) is 0. The maximum absolute atomic E-state index is 9.71. The fourth-order valence-electron chi connectivity index (χ4n) is 4.16. The highest BCUT2D eigenvalue weighted by molar-refractivity contribution is 5.32. The Balaban J connectivity index is 1.49. The summed E-state index contributed by atoms with van der Waals surface area (Å²) in [6.07, 6.45) is 10.6. The minimum absolute atomic E-state index is 0.111. The summed E-state index contributed by atoms with van der Waals surface area (Å²) in [6.45, 7) is 0.926. The van der Waals surface area contributed by atoms with E-state index in [0.29, 0.717) is 11.2 Å². The van der Waals surface area contributed by atoms with Crippen molar-refractivity contribution in [2.24, 2.45) is 11.3 Å². The van der Waals surface area contributed by atoms with Crippen molar-refractivity contribution >= 4 is 0 Å². The van der Waals surface area contributed by atoms with E-state index in [0.717, 1.165) is 25.4 Å². The van der Waals surface area contributed by atoms with E-state index in [4.69, 9.17) is 4.74 Å². The molecule has 20 heavy (non-hydrogen) atoms. The fourth-order valence-corrected chi connectivity index (χ4v) is 4.16. The third kappa shape index (κ3) is 2.14. The van der Waals surface area contributed by atoms with Gasteiger partial charge in [-0.05, 0) is 67.6 Å². The van der Waals surface area contributed by atoms with Gasteiger partial charge in [0.2, 0.25) is 0 Å². The van der Waals surface area contributed by atoms with Gasteiger partial charge in [-0.3, -0.25) is 0 Å². The van der Waals surface area contributed by atoms with E-state index in [2.05, 4.69) is 6.07 Å². The third-order valence-electron chi connectivity index (χ3n) is 5.93. The molecule has 0 unspecified atom stereocenters. The van der Waals surface area contributed by atoms with Crippen molar-refractivity contribution < 1.29 is 9.84 Å². The van der Waals surface area contributed by atoms with Crippen LogP contribution in [0.25, 0.3) is 0 Å². The summed E-state index contributed by atoms with van der Waals surface area (Å²) in [5, 5.41) is 9.71. The van der Waals surface area contributed by atoms with E-state index in [-0.39, 0.29) is 5.60 Å². The molecule has 4 fully saturated rings. The number of hydrogen-bond acceptors (Lipinski definition) is 2. The number of phenolic OH excluding ortho intramolecular Hbond substituents is 1. The Morgan fingerprint density at radius 3 is 2.55 bits per heavy atom. The summed E-state index contributed by atoms with van der Waals surface area (Å²) in [5.74, 6) is 1.39. The lowest BCUT2D eigenvalue weighted by atomic mass is 9.62. The van der Waals surface area contributed by atoms with Crippen LogP contribution >= 0.6 is 0 Å². The van der Waals surface area contributed by atoms with Crippen LogP contribution in [0.2, 0.25) is 0 Å². The van der Waals surface area contributed by atoms with Gasteiger partial charge in [-0.25, -0.2) is 0 Å². The van der Waals surface area contributed by atoms with Crippen LogP contribution in [0.4, 0.5) is 0 Å². The van der Waals surface area contributed by atoms with Gasteiger partial charge < -0.3 is 9.84 Å². The molecule has 0 radical (unpaired) electrons. The minimum Gasteiger partial charge on any atom is -0.508 e. The molecular formula is C18H24O2. The number of aromatic hydroxyl groups is 1. The van der Waals surface area contributed by atoms with Crippen molar-refractivity contribution in [2.45, 2.75) is 57.0 Å². The SMILES string of the molecule is Oc1cccc(C23CCC(CCC4CC4)(CC2)CO3)c1. The van der Waals surface area contributed by atoms with Gasteiger partial charge in [0.25, 0.3) is 0 Å². The van der Waals surface area contributed by atoms with Gasteiger partial charge in [-0.2, -0.15) is 0 Å². The monoisotopic (exact) mass is 272 g/mol. The molecule has 4 aliphatic rings. The van der Waals surface area contributed by atoms with Crippen LogP contribution in [0.1, 0.15) is 56.9 Å². The fraction of sp³-hybridized carbons (Fsp3) is 0.667. The summed E-state index contributed by atoms with van der Waals surface area (Å²) >= 11 is 0. The Bertz CT molecular complexity index is 479. The van der Waals surface area contributed by atoms with Gasteiger partial charge in [0.1, 0.15) is 5.75 Å². The van der Waals surface area contributed by atoms with Crippen LogP contribution in [0, 0.1) is 11.3 Å². The van der Waals surface area contributed by atoms with Gasteiger partial charge >= 0.3 is 0 Å². The Labute approximate surface area is 121 Å². The molecule has 0 spiro atoms. The van der Waals surface area contributed by atoms with Gasteiger partial charge in [-0.1, -0.05) is 25.0 Å². The van der Waals surface area contributed by atoms with E-state index in [1.807, 2.05) is 12.1 Å². The molecule has 2 bridgehead atoms. The number of rotatable bonds is 4. The second-order valence-electron chi connectivity index (χ2n) is 7.32. The average Bonchev–Trinajstić information content (AvgIpc) is 3.32. The highest BCUT2D eigenvalue weighted by Gasteiger charge is 2.50. The molecule has 108 valence electrons. The topological polar surface area (TPSA) is 29.5 Å². The second-order valence-corrected chi connectivity index (χ2v) is 7.32. The van der Waals surface area contributed by atoms with Gasteiger partial charge in [-0.15, -0.1) is 0 Å². The van der Waals surface area contributed by atoms with E-state index in [9.17, 15) is 5.11 Å². The maximum Gasteiger partial charge on any atom is 0.115 e. The molecule has 0 amide bonds. The Morgan fingerprint density at radius 1 is 1.15 bits per heavy atom. The second kappa shape index (κ2) is 4.49. The smallest absolute Gasteiger partial charge is 0.115 e. The minimum atomic E-state index is -0.111. The molecule has 0 atom stereocenters. The molecule has 5 rings (SSSR count). The Kier molecular flexibility index (Phi) is 2.85. The number of benzene rings is 1. The van der Waals surface area contributed by atoms with Gasteiger partial charge in [0, 0.05) is 0 Å². The molecule has 1 aromatic carbocycles. The normalized spacial score (nSPS) is 36.2. The molecular weight excluding hydrogens is 248 g/mol. The summed E-state index contributed by atoms with van der Waals surface area (Å²) in [5.41, 5.74) is 1.54. The number of hydrogen-bond donors (Lipinski definition) is 1. The van der Waals surface area contributed by atoms with Crippen LogP contribution < -0.4 is 0 Å². The average molecular weight is 272 g/mol. The molecule has 1 aromatic rings. The highest BCUT2D eigenvalue weighted by Crippen LogP contribution is 2.56. The van der Waals surface area contributed by atoms with Crippen molar-refractivity contribution in [2.75, 3.05) is 6.61 Å². The first-order valence-electron chi connectivity index (χ1n) is 8.13. The Morgan fingerprint density at radius 2 is 1.95 bits per heavy atom. The standard InChI is InChI=1S/C18H24O2/c19-16-3-1-2-15(12-16)18-10-8-17(9-11-18,13-20-18)7-6-14-4-5-14/h1-3,12,14,19H,4-11,13H2. The quantitative estimate of drug-likeness (QED) is 0.882. The number of phenols is 1. The van der Waals surface area contributed by atoms with Crippen LogP contribution in [0.5, 0.6) is 5.75 Å². The lowest BCUT2D eigenvalue weighted by Gasteiger charge is -2.53. The van der Waals surface area contributed by atoms with Crippen molar-refractivity contribution in [1.82, 2.24) is 0 Å². The predicted octanol–water partition coefficient (Wildman–Crippen LogP) is 4.37. The first-order valence-corrected chi connectivity index (χ1v) is 8.13. The first kappa shape index (κ1) is 12.7. The summed E-state index contributed by atoms with van der Waals surface area (Å²) in [6, 6.07) is 7.68.